The number of likely N-dealkylation sites (N-methyl/N-ethyl adjacent to an activating group) is 2. The molecule has 0 spiro atoms. The number of hydrogen-bond donors (Lipinski definition) is 2. The van der Waals surface area contributed by atoms with Gasteiger partial charge in [-0.2, -0.15) is 0 Å². The van der Waals surface area contributed by atoms with Crippen LogP contribution in [-0.2, 0) is 16.1 Å². The molecule has 0 radical (unpaired) electrons. The Balaban J connectivity index is 1.61. The monoisotopic (exact) mass is 430 g/mol. The molecule has 3 rings (SSSR count). The maximum atomic E-state index is 12.0. The summed E-state index contributed by atoms with van der Waals surface area (Å²) in [4.78, 5) is 34.0. The fraction of sp³-hybridized carbons (Fsp3) is 0.591. The highest BCUT2D eigenvalue weighted by atomic mass is 16.6. The minimum atomic E-state index is -0.306. The molecule has 170 valence electrons. The predicted octanol–water partition coefficient (Wildman–Crippen LogP) is 1.25. The number of cyclic esters (lactones) is 1. The fourth-order valence-corrected chi connectivity index (χ4v) is 3.83. The van der Waals surface area contributed by atoms with Gasteiger partial charge in [0.2, 0.25) is 5.91 Å². The van der Waals surface area contributed by atoms with Gasteiger partial charge in [0.05, 0.1) is 19.6 Å². The molecule has 2 fully saturated rings. The van der Waals surface area contributed by atoms with Gasteiger partial charge in [0.1, 0.15) is 6.61 Å². The Hall–Kier alpha value is -2.81. The summed E-state index contributed by atoms with van der Waals surface area (Å²) in [6.07, 6.45) is 2.08. The predicted molar refractivity (Wildman–Crippen MR) is 121 cm³/mol. The van der Waals surface area contributed by atoms with Crippen LogP contribution in [0.5, 0.6) is 0 Å². The Morgan fingerprint density at radius 1 is 1.23 bits per heavy atom. The summed E-state index contributed by atoms with van der Waals surface area (Å²) in [5.41, 5.74) is 1.84. The molecule has 0 aliphatic carbocycles. The van der Waals surface area contributed by atoms with Gasteiger partial charge >= 0.3 is 6.09 Å². The first-order valence-electron chi connectivity index (χ1n) is 11.0. The van der Waals surface area contributed by atoms with Crippen LogP contribution < -0.4 is 15.5 Å². The van der Waals surface area contributed by atoms with Gasteiger partial charge in [-0.3, -0.25) is 14.6 Å². The summed E-state index contributed by atoms with van der Waals surface area (Å²) in [6, 6.07) is 8.23. The molecule has 9 heteroatoms. The standard InChI is InChI=1S/C22H34N6O3/c1-4-27-11-5-6-19(27)15-24-21(25-16-20(29)26(2)3)23-14-17-7-9-18(10-8-17)28-12-13-31-22(28)30/h7-10,19H,4-6,11-16H2,1-3H3,(H2,23,24,25). The fourth-order valence-electron chi connectivity index (χ4n) is 3.83. The number of benzene rings is 1. The van der Waals surface area contributed by atoms with E-state index in [0.29, 0.717) is 31.7 Å². The first-order chi connectivity index (χ1) is 15.0. The highest BCUT2D eigenvalue weighted by Crippen LogP contribution is 2.19. The van der Waals surface area contributed by atoms with Gasteiger partial charge in [-0.25, -0.2) is 9.79 Å². The van der Waals surface area contributed by atoms with Crippen molar-refractivity contribution in [2.24, 2.45) is 4.99 Å². The molecular formula is C22H34N6O3. The maximum absolute atomic E-state index is 12.0. The number of anilines is 1. The van der Waals surface area contributed by atoms with Gasteiger partial charge in [0.25, 0.3) is 0 Å². The van der Waals surface area contributed by atoms with Crippen molar-refractivity contribution in [2.75, 3.05) is 58.3 Å². The third-order valence-corrected chi connectivity index (χ3v) is 5.74. The minimum Gasteiger partial charge on any atom is -0.447 e. The lowest BCUT2D eigenvalue weighted by Gasteiger charge is -2.24. The average Bonchev–Trinajstić information content (AvgIpc) is 3.41. The first kappa shape index (κ1) is 22.9. The molecule has 0 saturated carbocycles. The highest BCUT2D eigenvalue weighted by molar-refractivity contribution is 5.89. The minimum absolute atomic E-state index is 0.00703. The van der Waals surface area contributed by atoms with Crippen LogP contribution in [0.3, 0.4) is 0 Å². The van der Waals surface area contributed by atoms with Crippen LogP contribution in [0.15, 0.2) is 29.3 Å². The van der Waals surface area contributed by atoms with Gasteiger partial charge in [0.15, 0.2) is 5.96 Å². The second-order valence-electron chi connectivity index (χ2n) is 8.04. The Morgan fingerprint density at radius 3 is 2.65 bits per heavy atom. The average molecular weight is 431 g/mol. The zero-order valence-electron chi connectivity index (χ0n) is 18.8. The van der Waals surface area contributed by atoms with E-state index in [9.17, 15) is 9.59 Å². The van der Waals surface area contributed by atoms with E-state index in [1.54, 1.807) is 23.9 Å². The van der Waals surface area contributed by atoms with Crippen molar-refractivity contribution in [1.29, 1.82) is 0 Å². The molecular weight excluding hydrogens is 396 g/mol. The summed E-state index contributed by atoms with van der Waals surface area (Å²) in [5, 5.41) is 6.56. The molecule has 2 saturated heterocycles. The van der Waals surface area contributed by atoms with Crippen molar-refractivity contribution < 1.29 is 14.3 Å². The number of rotatable bonds is 8. The molecule has 2 aliphatic rings. The Bertz CT molecular complexity index is 780. The van der Waals surface area contributed by atoms with Crippen LogP contribution in [0.1, 0.15) is 25.3 Å². The van der Waals surface area contributed by atoms with Crippen LogP contribution in [0.2, 0.25) is 0 Å². The normalized spacial score (nSPS) is 19.5. The molecule has 1 atom stereocenters. The zero-order chi connectivity index (χ0) is 22.2. The molecule has 9 nitrogen and oxygen atoms in total. The van der Waals surface area contributed by atoms with Crippen molar-refractivity contribution in [3.63, 3.8) is 0 Å². The summed E-state index contributed by atoms with van der Waals surface area (Å²) < 4.78 is 4.99. The van der Waals surface area contributed by atoms with Gasteiger partial charge in [-0.1, -0.05) is 19.1 Å². The zero-order valence-corrected chi connectivity index (χ0v) is 18.8. The van der Waals surface area contributed by atoms with E-state index in [2.05, 4.69) is 27.4 Å². The van der Waals surface area contributed by atoms with Crippen molar-refractivity contribution in [2.45, 2.75) is 32.4 Å². The number of hydrogen-bond acceptors (Lipinski definition) is 5. The number of nitrogens with one attached hydrogen (secondary N) is 2. The number of nitrogens with zero attached hydrogens (tertiary/aromatic N) is 4. The third-order valence-electron chi connectivity index (χ3n) is 5.74. The summed E-state index contributed by atoms with van der Waals surface area (Å²) in [5.74, 6) is 0.623. The van der Waals surface area contributed by atoms with E-state index in [4.69, 9.17) is 4.74 Å². The Kier molecular flexibility index (Phi) is 8.11. The van der Waals surface area contributed by atoms with E-state index >= 15 is 0 Å². The number of amides is 2. The van der Waals surface area contributed by atoms with Crippen molar-refractivity contribution >= 4 is 23.6 Å². The smallest absolute Gasteiger partial charge is 0.414 e. The molecule has 1 aromatic rings. The summed E-state index contributed by atoms with van der Waals surface area (Å²) in [7, 11) is 3.48. The molecule has 1 aromatic carbocycles. The van der Waals surface area contributed by atoms with E-state index in [-0.39, 0.29) is 18.5 Å². The molecule has 0 bridgehead atoms. The van der Waals surface area contributed by atoms with Crippen LogP contribution in [0, 0.1) is 0 Å². The van der Waals surface area contributed by atoms with E-state index in [0.717, 1.165) is 30.9 Å². The quantitative estimate of drug-likeness (QED) is 0.477. The number of carbonyl (C=O) groups is 2. The van der Waals surface area contributed by atoms with Crippen LogP contribution >= 0.6 is 0 Å². The van der Waals surface area contributed by atoms with E-state index in [1.165, 1.54) is 12.8 Å². The number of aliphatic imine (C=N–C) groups is 1. The van der Waals surface area contributed by atoms with Crippen LogP contribution in [0.4, 0.5) is 10.5 Å². The van der Waals surface area contributed by atoms with Crippen LogP contribution in [0.25, 0.3) is 0 Å². The van der Waals surface area contributed by atoms with Crippen molar-refractivity contribution in [1.82, 2.24) is 20.4 Å². The van der Waals surface area contributed by atoms with Gasteiger partial charge in [-0.05, 0) is 43.6 Å². The van der Waals surface area contributed by atoms with Gasteiger partial charge in [-0.15, -0.1) is 0 Å². The molecule has 31 heavy (non-hydrogen) atoms. The van der Waals surface area contributed by atoms with Gasteiger partial charge < -0.3 is 20.3 Å². The lowest BCUT2D eigenvalue weighted by atomic mass is 10.2. The van der Waals surface area contributed by atoms with Crippen molar-refractivity contribution in [3.05, 3.63) is 29.8 Å². The lowest BCUT2D eigenvalue weighted by molar-refractivity contribution is -0.127. The Labute approximate surface area is 184 Å². The summed E-state index contributed by atoms with van der Waals surface area (Å²) >= 11 is 0. The third kappa shape index (κ3) is 6.33. The highest BCUT2D eigenvalue weighted by Gasteiger charge is 2.24. The number of carbonyl (C=O) groups excluding carboxylic acids is 2. The number of likely N-dealkylation sites (tertiary alicyclic amines) is 1. The molecule has 2 N–H and O–H groups in total. The topological polar surface area (TPSA) is 89.5 Å². The SMILES string of the molecule is CCN1CCCC1CNC(=NCc1ccc(N2CCOC2=O)cc1)NCC(=O)N(C)C. The largest absolute Gasteiger partial charge is 0.447 e. The number of ether oxygens (including phenoxy) is 1. The first-order valence-corrected chi connectivity index (χ1v) is 11.0. The molecule has 1 unspecified atom stereocenters. The van der Waals surface area contributed by atoms with Gasteiger partial charge in [0, 0.05) is 32.4 Å². The Morgan fingerprint density at radius 2 is 2.00 bits per heavy atom. The number of guanidine groups is 1. The molecule has 0 aromatic heterocycles. The molecule has 2 aliphatic heterocycles. The second-order valence-corrected chi connectivity index (χ2v) is 8.04. The van der Waals surface area contributed by atoms with E-state index in [1.807, 2.05) is 24.3 Å². The maximum Gasteiger partial charge on any atom is 0.414 e. The lowest BCUT2D eigenvalue weighted by Crippen LogP contribution is -2.47. The van der Waals surface area contributed by atoms with Crippen LogP contribution in [-0.4, -0.2) is 87.2 Å². The molecule has 2 amide bonds. The molecule has 2 heterocycles. The summed E-state index contributed by atoms with van der Waals surface area (Å²) in [6.45, 7) is 6.83. The van der Waals surface area contributed by atoms with Crippen molar-refractivity contribution in [3.8, 4) is 0 Å². The van der Waals surface area contributed by atoms with E-state index < -0.39 is 0 Å². The second kappa shape index (κ2) is 11.0.